The molecule has 1 rings (SSSR count). The van der Waals surface area contributed by atoms with E-state index in [-0.39, 0.29) is 6.04 Å². The molecule has 0 bridgehead atoms. The lowest BCUT2D eigenvalue weighted by Gasteiger charge is -2.19. The van der Waals surface area contributed by atoms with Gasteiger partial charge < -0.3 is 10.8 Å². The molecule has 0 atom stereocenters. The Morgan fingerprint density at radius 3 is 2.40 bits per heavy atom. The van der Waals surface area contributed by atoms with Gasteiger partial charge in [-0.1, -0.05) is 19.3 Å². The molecule has 0 aromatic carbocycles. The van der Waals surface area contributed by atoms with Crippen LogP contribution in [0.25, 0.3) is 0 Å². The summed E-state index contributed by atoms with van der Waals surface area (Å²) in [7, 11) is 0. The van der Waals surface area contributed by atoms with Gasteiger partial charge in [-0.15, -0.1) is 0 Å². The first kappa shape index (κ1) is 7.38. The third kappa shape index (κ3) is 2.25. The van der Waals surface area contributed by atoms with Crippen molar-refractivity contribution in [3.63, 3.8) is 0 Å². The molecule has 10 heavy (non-hydrogen) atoms. The van der Waals surface area contributed by atoms with Crippen molar-refractivity contribution in [2.45, 2.75) is 38.1 Å². The van der Waals surface area contributed by atoms with Gasteiger partial charge in [0.2, 0.25) is 0 Å². The Balaban J connectivity index is 2.33. The maximum absolute atomic E-state index is 10.3. The van der Waals surface area contributed by atoms with Crippen LogP contribution < -0.4 is 10.8 Å². The second kappa shape index (κ2) is 3.44. The fraction of sp³-hybridized carbons (Fsp3) is 0.857. The van der Waals surface area contributed by atoms with E-state index in [9.17, 15) is 5.11 Å². The van der Waals surface area contributed by atoms with E-state index in [1.165, 1.54) is 19.3 Å². The minimum atomic E-state index is -0.507. The molecule has 0 aromatic heterocycles. The molecule has 3 heteroatoms. The Bertz CT molecular complexity index is 124. The first-order valence-corrected chi connectivity index (χ1v) is 3.79. The molecule has 58 valence electrons. The zero-order valence-corrected chi connectivity index (χ0v) is 6.05. The highest BCUT2D eigenvalue weighted by molar-refractivity contribution is 5.66. The van der Waals surface area contributed by atoms with Crippen LogP contribution >= 0.6 is 0 Å². The van der Waals surface area contributed by atoms with Crippen LogP contribution in [-0.2, 0) is 0 Å². The monoisotopic (exact) mass is 141 g/mol. The first-order chi connectivity index (χ1) is 4.79. The Kier molecular flexibility index (Phi) is 2.54. The van der Waals surface area contributed by atoms with Crippen molar-refractivity contribution < 1.29 is 5.11 Å². The summed E-state index contributed by atoms with van der Waals surface area (Å²) in [5.74, 6) is 0. The van der Waals surface area contributed by atoms with Crippen molar-refractivity contribution in [1.29, 1.82) is 0 Å². The largest absolute Gasteiger partial charge is 0.847 e. The standard InChI is InChI=1S/C7H14N2O/c8-7(10)9-6-4-2-1-3-5-6/h6H,1-5H2,(H3,8,9,10)/p-1. The van der Waals surface area contributed by atoms with Gasteiger partial charge in [0.25, 0.3) is 0 Å². The molecule has 0 unspecified atom stereocenters. The predicted molar refractivity (Wildman–Crippen MR) is 38.5 cm³/mol. The van der Waals surface area contributed by atoms with Crippen LogP contribution in [0.3, 0.4) is 0 Å². The van der Waals surface area contributed by atoms with E-state index in [0.717, 1.165) is 12.8 Å². The van der Waals surface area contributed by atoms with Crippen molar-refractivity contribution in [1.82, 2.24) is 0 Å². The second-order valence-electron chi connectivity index (χ2n) is 2.76. The number of hydrogen-bond acceptors (Lipinski definition) is 2. The zero-order chi connectivity index (χ0) is 7.40. The van der Waals surface area contributed by atoms with Crippen molar-refractivity contribution in [2.24, 2.45) is 10.7 Å². The molecule has 0 heterocycles. The average Bonchev–Trinajstić information content (AvgIpc) is 1.88. The number of hydrogen-bond donors (Lipinski definition) is 1. The van der Waals surface area contributed by atoms with Crippen molar-refractivity contribution >= 4 is 6.02 Å². The molecule has 3 nitrogen and oxygen atoms in total. The first-order valence-electron chi connectivity index (χ1n) is 3.79. The predicted octanol–water partition coefficient (Wildman–Crippen LogP) is -0.00590. The van der Waals surface area contributed by atoms with Crippen molar-refractivity contribution in [2.75, 3.05) is 0 Å². The Morgan fingerprint density at radius 2 is 1.90 bits per heavy atom. The molecule has 0 aromatic rings. The summed E-state index contributed by atoms with van der Waals surface area (Å²) in [4.78, 5) is 3.78. The number of amidine groups is 1. The van der Waals surface area contributed by atoms with Crippen LogP contribution in [0.2, 0.25) is 0 Å². The van der Waals surface area contributed by atoms with Crippen LogP contribution in [-0.4, -0.2) is 12.1 Å². The van der Waals surface area contributed by atoms with Gasteiger partial charge in [0.15, 0.2) is 0 Å². The van der Waals surface area contributed by atoms with Crippen LogP contribution in [0.5, 0.6) is 0 Å². The third-order valence-electron chi connectivity index (χ3n) is 1.88. The Labute approximate surface area is 61.0 Å². The van der Waals surface area contributed by atoms with Gasteiger partial charge in [0.1, 0.15) is 0 Å². The van der Waals surface area contributed by atoms with Crippen LogP contribution in [0.4, 0.5) is 0 Å². The summed E-state index contributed by atoms with van der Waals surface area (Å²) in [5, 5.41) is 10.3. The summed E-state index contributed by atoms with van der Waals surface area (Å²) >= 11 is 0. The summed E-state index contributed by atoms with van der Waals surface area (Å²) in [5.41, 5.74) is 4.92. The number of rotatable bonds is 1. The zero-order valence-electron chi connectivity index (χ0n) is 6.05. The SMILES string of the molecule is NC([O-])=NC1CCCCC1. The number of nitrogens with zero attached hydrogens (tertiary/aromatic N) is 1. The molecule has 1 fully saturated rings. The maximum Gasteiger partial charge on any atom is 0.0509 e. The number of aliphatic imine (C=N–C) groups is 1. The van der Waals surface area contributed by atoms with Crippen LogP contribution in [0.15, 0.2) is 4.99 Å². The topological polar surface area (TPSA) is 61.4 Å². The molecule has 2 N–H and O–H groups in total. The Hall–Kier alpha value is -0.730. The average molecular weight is 141 g/mol. The maximum atomic E-state index is 10.3. The third-order valence-corrected chi connectivity index (χ3v) is 1.88. The molecule has 0 aliphatic heterocycles. The van der Waals surface area contributed by atoms with Gasteiger partial charge in [0, 0.05) is 6.02 Å². The lowest BCUT2D eigenvalue weighted by atomic mass is 9.96. The van der Waals surface area contributed by atoms with Gasteiger partial charge in [-0.05, 0) is 12.8 Å². The summed E-state index contributed by atoms with van der Waals surface area (Å²) in [6, 6.07) is -0.279. The molecule has 0 amide bonds. The van der Waals surface area contributed by atoms with E-state index < -0.39 is 6.02 Å². The lowest BCUT2D eigenvalue weighted by molar-refractivity contribution is -0.218. The van der Waals surface area contributed by atoms with E-state index >= 15 is 0 Å². The van der Waals surface area contributed by atoms with Crippen molar-refractivity contribution in [3.8, 4) is 0 Å². The molecule has 1 saturated carbocycles. The number of nitrogens with two attached hydrogens (primary N) is 1. The van der Waals surface area contributed by atoms with Crippen LogP contribution in [0, 0.1) is 0 Å². The van der Waals surface area contributed by atoms with Gasteiger partial charge in [-0.25, -0.2) is 0 Å². The molecular formula is C7H13N2O-. The van der Waals surface area contributed by atoms with Crippen LogP contribution in [0.1, 0.15) is 32.1 Å². The van der Waals surface area contributed by atoms with E-state index in [4.69, 9.17) is 5.73 Å². The van der Waals surface area contributed by atoms with Gasteiger partial charge in [0.05, 0.1) is 6.04 Å². The lowest BCUT2D eigenvalue weighted by Crippen LogP contribution is -2.30. The smallest absolute Gasteiger partial charge is 0.0509 e. The summed E-state index contributed by atoms with van der Waals surface area (Å²) in [6.45, 7) is 0. The minimum Gasteiger partial charge on any atom is -0.847 e. The molecule has 0 saturated heterocycles. The fourth-order valence-electron chi connectivity index (χ4n) is 1.39. The van der Waals surface area contributed by atoms with E-state index in [1.54, 1.807) is 0 Å². The molecular weight excluding hydrogens is 128 g/mol. The fourth-order valence-corrected chi connectivity index (χ4v) is 1.39. The highest BCUT2D eigenvalue weighted by Gasteiger charge is 2.10. The van der Waals surface area contributed by atoms with Gasteiger partial charge >= 0.3 is 0 Å². The Morgan fingerprint density at radius 1 is 1.30 bits per heavy atom. The summed E-state index contributed by atoms with van der Waals surface area (Å²) in [6.07, 6.45) is 5.76. The molecule has 0 radical (unpaired) electrons. The normalized spacial score (nSPS) is 23.0. The molecule has 0 spiro atoms. The highest BCUT2D eigenvalue weighted by atomic mass is 16.3. The van der Waals surface area contributed by atoms with Gasteiger partial charge in [-0.2, -0.15) is 0 Å². The highest BCUT2D eigenvalue weighted by Crippen LogP contribution is 2.19. The molecule has 1 aliphatic carbocycles. The quantitative estimate of drug-likeness (QED) is 0.412. The van der Waals surface area contributed by atoms with E-state index in [0.29, 0.717) is 0 Å². The molecule has 1 aliphatic rings. The minimum absolute atomic E-state index is 0.228. The van der Waals surface area contributed by atoms with Crippen molar-refractivity contribution in [3.05, 3.63) is 0 Å². The van der Waals surface area contributed by atoms with E-state index in [2.05, 4.69) is 4.99 Å². The second-order valence-corrected chi connectivity index (χ2v) is 2.76. The van der Waals surface area contributed by atoms with E-state index in [1.807, 2.05) is 0 Å². The summed E-state index contributed by atoms with van der Waals surface area (Å²) < 4.78 is 0. The van der Waals surface area contributed by atoms with Gasteiger partial charge in [-0.3, -0.25) is 4.99 Å².